The number of unbranched alkanes of at least 4 members (excludes halogenated alkanes) is 1. The lowest BCUT2D eigenvalue weighted by Gasteiger charge is -2.21. The predicted octanol–water partition coefficient (Wildman–Crippen LogP) is 9.04. The van der Waals surface area contributed by atoms with Gasteiger partial charge in [0.1, 0.15) is 17.1 Å². The highest BCUT2D eigenvalue weighted by atomic mass is 28.3. The second-order valence-electron chi connectivity index (χ2n) is 14.0. The maximum atomic E-state index is 13.5. The van der Waals surface area contributed by atoms with Gasteiger partial charge in [0.2, 0.25) is 0 Å². The Morgan fingerprint density at radius 2 is 1.83 bits per heavy atom. The number of methoxy groups -OCH3 is 1. The molecule has 10 nitrogen and oxygen atoms in total. The molecule has 1 aliphatic rings. The minimum absolute atomic E-state index is 0.0429. The number of azide groups is 1. The lowest BCUT2D eigenvalue weighted by Crippen LogP contribution is -2.28. The highest BCUT2D eigenvalue weighted by molar-refractivity contribution is 6.76. The van der Waals surface area contributed by atoms with E-state index in [-0.39, 0.29) is 24.9 Å². The summed E-state index contributed by atoms with van der Waals surface area (Å²) in [7, 11) is 0.115. The Hall–Kier alpha value is -2.82. The molecule has 1 unspecified atom stereocenters. The average Bonchev–Trinajstić information content (AvgIpc) is 3.29. The van der Waals surface area contributed by atoms with E-state index < -0.39 is 19.8 Å². The fraction of sp³-hybridized carbons (Fsp3) is 0.686. The molecule has 1 aromatic carbocycles. The third kappa shape index (κ3) is 13.9. The van der Waals surface area contributed by atoms with Crippen molar-refractivity contribution in [2.75, 3.05) is 33.7 Å². The Bertz CT molecular complexity index is 1210. The van der Waals surface area contributed by atoms with Gasteiger partial charge < -0.3 is 28.4 Å². The molecular formula is C35H57N3O7Si. The number of carbonyl (C=O) groups excluding carboxylic acids is 1. The van der Waals surface area contributed by atoms with Crippen LogP contribution >= 0.6 is 0 Å². The normalized spacial score (nSPS) is 19.4. The summed E-state index contributed by atoms with van der Waals surface area (Å²) in [5, 5.41) is 3.58. The summed E-state index contributed by atoms with van der Waals surface area (Å²) in [6.07, 6.45) is 10.1. The van der Waals surface area contributed by atoms with Gasteiger partial charge in [-0.25, -0.2) is 4.79 Å². The van der Waals surface area contributed by atoms with Crippen molar-refractivity contribution >= 4 is 20.1 Å². The molecule has 0 bridgehead atoms. The SMILES string of the molecule is COCOc1cc(OCCCCN=[N+]=[N-])cc(/C=C/C[C@@H]2OC(C)(C)O[C@@H]2C(C)/C=C\[C@@H](C)C(C)C)c1C(=O)OCC[Si](C)(C)C. The Labute approximate surface area is 277 Å². The van der Waals surface area contributed by atoms with Crippen LogP contribution in [0.2, 0.25) is 25.7 Å². The van der Waals surface area contributed by atoms with Crippen LogP contribution in [0.5, 0.6) is 11.5 Å². The first kappa shape index (κ1) is 39.4. The van der Waals surface area contributed by atoms with E-state index >= 15 is 0 Å². The Morgan fingerprint density at radius 3 is 2.48 bits per heavy atom. The molecule has 0 aromatic heterocycles. The van der Waals surface area contributed by atoms with Crippen molar-refractivity contribution in [2.24, 2.45) is 22.9 Å². The van der Waals surface area contributed by atoms with Crippen LogP contribution in [-0.2, 0) is 18.9 Å². The van der Waals surface area contributed by atoms with Gasteiger partial charge in [0.25, 0.3) is 0 Å². The molecule has 0 amide bonds. The number of nitrogens with zero attached hydrogens (tertiary/aromatic N) is 3. The Balaban J connectivity index is 2.38. The lowest BCUT2D eigenvalue weighted by atomic mass is 9.92. The van der Waals surface area contributed by atoms with E-state index in [0.29, 0.717) is 73.5 Å². The molecule has 1 aliphatic heterocycles. The number of esters is 1. The van der Waals surface area contributed by atoms with Crippen LogP contribution in [0.3, 0.4) is 0 Å². The van der Waals surface area contributed by atoms with E-state index in [0.717, 1.165) is 6.04 Å². The molecule has 1 fully saturated rings. The molecule has 1 saturated heterocycles. The van der Waals surface area contributed by atoms with Gasteiger partial charge in [-0.1, -0.05) is 76.8 Å². The second-order valence-corrected chi connectivity index (χ2v) is 19.6. The van der Waals surface area contributed by atoms with Crippen molar-refractivity contribution in [3.8, 4) is 11.5 Å². The van der Waals surface area contributed by atoms with Crippen LogP contribution in [0.25, 0.3) is 16.5 Å². The van der Waals surface area contributed by atoms with Crippen LogP contribution < -0.4 is 9.47 Å². The van der Waals surface area contributed by atoms with Crippen molar-refractivity contribution in [1.29, 1.82) is 0 Å². The number of hydrogen-bond donors (Lipinski definition) is 0. The van der Waals surface area contributed by atoms with E-state index in [4.69, 9.17) is 34.0 Å². The van der Waals surface area contributed by atoms with Crippen LogP contribution in [0.1, 0.15) is 76.7 Å². The van der Waals surface area contributed by atoms with Gasteiger partial charge in [0, 0.05) is 38.6 Å². The molecule has 0 spiro atoms. The number of benzene rings is 1. The summed E-state index contributed by atoms with van der Waals surface area (Å²) < 4.78 is 35.5. The highest BCUT2D eigenvalue weighted by Gasteiger charge is 2.42. The van der Waals surface area contributed by atoms with Crippen molar-refractivity contribution in [2.45, 2.75) is 104 Å². The number of carbonyl (C=O) groups is 1. The summed E-state index contributed by atoms with van der Waals surface area (Å²) in [6.45, 7) is 20.6. The van der Waals surface area contributed by atoms with Gasteiger partial charge in [-0.15, -0.1) is 0 Å². The van der Waals surface area contributed by atoms with Crippen LogP contribution in [0.15, 0.2) is 35.5 Å². The van der Waals surface area contributed by atoms with E-state index in [2.05, 4.69) is 69.5 Å². The monoisotopic (exact) mass is 659 g/mol. The summed E-state index contributed by atoms with van der Waals surface area (Å²) in [6, 6.07) is 4.37. The number of allylic oxidation sites excluding steroid dienone is 1. The van der Waals surface area contributed by atoms with Gasteiger partial charge in [0.15, 0.2) is 12.6 Å². The molecule has 1 aromatic rings. The van der Waals surface area contributed by atoms with E-state index in [1.807, 2.05) is 32.1 Å². The summed E-state index contributed by atoms with van der Waals surface area (Å²) >= 11 is 0. The van der Waals surface area contributed by atoms with Gasteiger partial charge in [-0.3, -0.25) is 0 Å². The maximum Gasteiger partial charge on any atom is 0.342 e. The molecule has 0 N–H and O–H groups in total. The first-order chi connectivity index (χ1) is 21.7. The van der Waals surface area contributed by atoms with Gasteiger partial charge in [0.05, 0.1) is 25.4 Å². The van der Waals surface area contributed by atoms with Crippen LogP contribution in [0, 0.1) is 17.8 Å². The quantitative estimate of drug-likeness (QED) is 0.0200. The van der Waals surface area contributed by atoms with Gasteiger partial charge in [-0.2, -0.15) is 0 Å². The average molecular weight is 660 g/mol. The Kier molecular flexibility index (Phi) is 16.3. The minimum Gasteiger partial charge on any atom is -0.493 e. The fourth-order valence-corrected chi connectivity index (χ4v) is 5.54. The predicted molar refractivity (Wildman–Crippen MR) is 186 cm³/mol. The largest absolute Gasteiger partial charge is 0.493 e. The highest BCUT2D eigenvalue weighted by Crippen LogP contribution is 2.36. The molecule has 46 heavy (non-hydrogen) atoms. The van der Waals surface area contributed by atoms with Gasteiger partial charge in [-0.05, 0) is 68.2 Å². The summed E-state index contributed by atoms with van der Waals surface area (Å²) in [5.74, 6) is 0.897. The molecule has 258 valence electrons. The van der Waals surface area contributed by atoms with E-state index in [1.54, 1.807) is 6.07 Å². The topological polar surface area (TPSA) is 121 Å². The molecule has 0 aliphatic carbocycles. The molecule has 0 radical (unpaired) electrons. The van der Waals surface area contributed by atoms with Crippen molar-refractivity contribution in [3.63, 3.8) is 0 Å². The zero-order valence-corrected chi connectivity index (χ0v) is 30.7. The third-order valence-corrected chi connectivity index (χ3v) is 9.59. The third-order valence-electron chi connectivity index (χ3n) is 7.89. The van der Waals surface area contributed by atoms with Crippen LogP contribution in [0.4, 0.5) is 0 Å². The standard InChI is InChI=1S/C35H57N3O7Si/c1-25(2)26(3)16-17-27(4)33-30(44-35(5,6)45-33)15-13-14-28-22-29(41-19-12-11-18-37-38-36)23-31(43-24-40-7)32(28)34(39)42-20-21-46(8,9)10/h13-14,16-17,22-23,25-27,30,33H,11-12,15,18-21,24H2,1-10H3/b14-13+,17-16-/t26-,27?,30+,33-/m1/s1. The fourth-order valence-electron chi connectivity index (χ4n) is 4.82. The lowest BCUT2D eigenvalue weighted by molar-refractivity contribution is -0.148. The number of ether oxygens (including phenoxy) is 6. The molecule has 0 saturated carbocycles. The molecular weight excluding hydrogens is 602 g/mol. The summed E-state index contributed by atoms with van der Waals surface area (Å²) in [4.78, 5) is 16.3. The first-order valence-electron chi connectivity index (χ1n) is 16.5. The summed E-state index contributed by atoms with van der Waals surface area (Å²) in [5.41, 5.74) is 9.44. The number of hydrogen-bond acceptors (Lipinski definition) is 8. The van der Waals surface area contributed by atoms with Gasteiger partial charge >= 0.3 is 5.97 Å². The zero-order valence-electron chi connectivity index (χ0n) is 29.7. The van der Waals surface area contributed by atoms with E-state index in [9.17, 15) is 4.79 Å². The maximum absolute atomic E-state index is 13.5. The van der Waals surface area contributed by atoms with Crippen molar-refractivity contribution in [1.82, 2.24) is 0 Å². The molecule has 4 atom stereocenters. The van der Waals surface area contributed by atoms with Crippen LogP contribution in [-0.4, -0.2) is 65.7 Å². The van der Waals surface area contributed by atoms with Crippen molar-refractivity contribution < 1.29 is 33.2 Å². The Morgan fingerprint density at radius 1 is 1.09 bits per heavy atom. The first-order valence-corrected chi connectivity index (χ1v) is 20.2. The smallest absolute Gasteiger partial charge is 0.342 e. The molecule has 2 rings (SSSR count). The molecule has 11 heteroatoms. The zero-order chi connectivity index (χ0) is 34.3. The van der Waals surface area contributed by atoms with E-state index in [1.165, 1.54) is 7.11 Å². The number of rotatable bonds is 20. The van der Waals surface area contributed by atoms with Crippen molar-refractivity contribution in [3.05, 3.63) is 51.9 Å². The molecule has 1 heterocycles. The minimum atomic E-state index is -1.41. The second kappa shape index (κ2) is 19.1.